The number of fused-ring (bicyclic) bond motifs is 1. The first-order chi connectivity index (χ1) is 7.22. The predicted octanol–water partition coefficient (Wildman–Crippen LogP) is 1.48. The second-order valence-corrected chi connectivity index (χ2v) is 4.40. The maximum absolute atomic E-state index is 5.88. The molecule has 2 atom stereocenters. The van der Waals surface area contributed by atoms with Gasteiger partial charge in [0, 0.05) is 6.42 Å². The van der Waals surface area contributed by atoms with Crippen LogP contribution in [0.15, 0.2) is 24.3 Å². The van der Waals surface area contributed by atoms with E-state index in [0.29, 0.717) is 5.92 Å². The number of hydrogen-bond acceptors (Lipinski definition) is 3. The summed E-state index contributed by atoms with van der Waals surface area (Å²) in [5, 5.41) is 0. The summed E-state index contributed by atoms with van der Waals surface area (Å²) >= 11 is 0. The molecule has 0 fully saturated rings. The lowest BCUT2D eigenvalue weighted by atomic mass is 9.96. The van der Waals surface area contributed by atoms with Crippen molar-refractivity contribution >= 4 is 0 Å². The van der Waals surface area contributed by atoms with Gasteiger partial charge in [-0.2, -0.15) is 0 Å². The summed E-state index contributed by atoms with van der Waals surface area (Å²) < 4.78 is 5.88. The molecule has 0 bridgehead atoms. The van der Waals surface area contributed by atoms with Crippen LogP contribution in [0.3, 0.4) is 0 Å². The highest BCUT2D eigenvalue weighted by molar-refractivity contribution is 5.37. The number of nitrogens with two attached hydrogens (primary N) is 1. The number of hydrazine groups is 1. The Morgan fingerprint density at radius 1 is 1.40 bits per heavy atom. The average Bonchev–Trinajstić information content (AvgIpc) is 2.61. The molecule has 3 heteroatoms. The maximum Gasteiger partial charge on any atom is 0.123 e. The van der Waals surface area contributed by atoms with E-state index >= 15 is 0 Å². The Kier molecular flexibility index (Phi) is 2.93. The molecule has 0 amide bonds. The Bertz CT molecular complexity index is 313. The molecule has 0 aromatic heterocycles. The van der Waals surface area contributed by atoms with Crippen LogP contribution in [-0.2, 0) is 6.42 Å². The Morgan fingerprint density at radius 3 is 2.73 bits per heavy atom. The monoisotopic (exact) mass is 206 g/mol. The Balaban J connectivity index is 2.12. The van der Waals surface area contributed by atoms with Crippen molar-refractivity contribution in [2.75, 3.05) is 0 Å². The molecule has 0 radical (unpaired) electrons. The highest BCUT2D eigenvalue weighted by Crippen LogP contribution is 2.30. The summed E-state index contributed by atoms with van der Waals surface area (Å²) in [6, 6.07) is 8.39. The van der Waals surface area contributed by atoms with Crippen molar-refractivity contribution in [2.45, 2.75) is 32.4 Å². The zero-order chi connectivity index (χ0) is 10.8. The van der Waals surface area contributed by atoms with Crippen LogP contribution < -0.4 is 16.0 Å². The number of hydrogen-bond donors (Lipinski definition) is 2. The van der Waals surface area contributed by atoms with Gasteiger partial charge in [-0.05, 0) is 17.5 Å². The van der Waals surface area contributed by atoms with Gasteiger partial charge in [0.05, 0.1) is 6.04 Å². The number of ether oxygens (including phenoxy) is 1. The first-order valence-electron chi connectivity index (χ1n) is 5.43. The molecular weight excluding hydrogens is 188 g/mol. The fourth-order valence-electron chi connectivity index (χ4n) is 2.14. The molecular formula is C12H18N2O. The van der Waals surface area contributed by atoms with Gasteiger partial charge in [0.1, 0.15) is 11.9 Å². The molecule has 2 rings (SSSR count). The van der Waals surface area contributed by atoms with Crippen LogP contribution in [0.4, 0.5) is 0 Å². The average molecular weight is 206 g/mol. The molecule has 3 N–H and O–H groups in total. The van der Waals surface area contributed by atoms with Gasteiger partial charge in [-0.25, -0.2) is 0 Å². The fourth-order valence-corrected chi connectivity index (χ4v) is 2.14. The van der Waals surface area contributed by atoms with Gasteiger partial charge >= 0.3 is 0 Å². The summed E-state index contributed by atoms with van der Waals surface area (Å²) in [5.74, 6) is 7.03. The van der Waals surface area contributed by atoms with Crippen molar-refractivity contribution in [2.24, 2.45) is 11.8 Å². The van der Waals surface area contributed by atoms with E-state index in [9.17, 15) is 0 Å². The van der Waals surface area contributed by atoms with Crippen LogP contribution in [0, 0.1) is 5.92 Å². The van der Waals surface area contributed by atoms with Gasteiger partial charge in [0.25, 0.3) is 0 Å². The SMILES string of the molecule is CC(C)C(NN)C1Cc2ccccc2O1. The third-order valence-corrected chi connectivity index (χ3v) is 2.98. The van der Waals surface area contributed by atoms with E-state index in [1.807, 2.05) is 18.2 Å². The molecule has 2 unspecified atom stereocenters. The number of nitrogens with one attached hydrogen (secondary N) is 1. The summed E-state index contributed by atoms with van der Waals surface area (Å²) in [6.45, 7) is 4.30. The molecule has 1 aromatic carbocycles. The number of benzene rings is 1. The first kappa shape index (κ1) is 10.5. The predicted molar refractivity (Wildman–Crippen MR) is 60.5 cm³/mol. The Morgan fingerprint density at radius 2 is 2.13 bits per heavy atom. The highest BCUT2D eigenvalue weighted by atomic mass is 16.5. The van der Waals surface area contributed by atoms with E-state index in [0.717, 1.165) is 12.2 Å². The van der Waals surface area contributed by atoms with Crippen LogP contribution in [0.2, 0.25) is 0 Å². The second kappa shape index (κ2) is 4.21. The second-order valence-electron chi connectivity index (χ2n) is 4.40. The normalized spacial score (nSPS) is 21.2. The van der Waals surface area contributed by atoms with Crippen molar-refractivity contribution < 1.29 is 4.74 Å². The molecule has 1 aliphatic rings. The van der Waals surface area contributed by atoms with Crippen LogP contribution in [0.5, 0.6) is 5.75 Å². The molecule has 1 aromatic rings. The standard InChI is InChI=1S/C12H18N2O/c1-8(2)12(14-13)11-7-9-5-3-4-6-10(9)15-11/h3-6,8,11-12,14H,7,13H2,1-2H3. The molecule has 15 heavy (non-hydrogen) atoms. The maximum atomic E-state index is 5.88. The Labute approximate surface area is 90.6 Å². The third-order valence-electron chi connectivity index (χ3n) is 2.98. The van der Waals surface area contributed by atoms with Crippen LogP contribution in [0.25, 0.3) is 0 Å². The highest BCUT2D eigenvalue weighted by Gasteiger charge is 2.31. The number of para-hydroxylation sites is 1. The lowest BCUT2D eigenvalue weighted by molar-refractivity contribution is 0.151. The smallest absolute Gasteiger partial charge is 0.123 e. The molecule has 0 spiro atoms. The summed E-state index contributed by atoms with van der Waals surface area (Å²) in [5.41, 5.74) is 4.13. The van der Waals surface area contributed by atoms with Crippen LogP contribution >= 0.6 is 0 Å². The van der Waals surface area contributed by atoms with E-state index < -0.39 is 0 Å². The fraction of sp³-hybridized carbons (Fsp3) is 0.500. The van der Waals surface area contributed by atoms with Crippen molar-refractivity contribution in [3.8, 4) is 5.75 Å². The minimum absolute atomic E-state index is 0.160. The molecule has 1 aliphatic heterocycles. The summed E-state index contributed by atoms with van der Waals surface area (Å²) in [4.78, 5) is 0. The largest absolute Gasteiger partial charge is 0.488 e. The van der Waals surface area contributed by atoms with E-state index in [1.165, 1.54) is 5.56 Å². The van der Waals surface area contributed by atoms with Gasteiger partial charge in [-0.1, -0.05) is 32.0 Å². The van der Waals surface area contributed by atoms with Crippen molar-refractivity contribution in [3.05, 3.63) is 29.8 Å². The number of rotatable bonds is 3. The third kappa shape index (κ3) is 1.98. The minimum Gasteiger partial charge on any atom is -0.488 e. The van der Waals surface area contributed by atoms with Gasteiger partial charge in [-0.3, -0.25) is 11.3 Å². The summed E-state index contributed by atoms with van der Waals surface area (Å²) in [6.07, 6.45) is 1.11. The van der Waals surface area contributed by atoms with E-state index in [1.54, 1.807) is 0 Å². The zero-order valence-electron chi connectivity index (χ0n) is 9.23. The van der Waals surface area contributed by atoms with Gasteiger partial charge in [-0.15, -0.1) is 0 Å². The molecule has 0 saturated heterocycles. The lowest BCUT2D eigenvalue weighted by Crippen LogP contribution is -2.49. The summed E-state index contributed by atoms with van der Waals surface area (Å²) in [7, 11) is 0. The van der Waals surface area contributed by atoms with E-state index in [4.69, 9.17) is 10.6 Å². The molecule has 0 aliphatic carbocycles. The first-order valence-corrected chi connectivity index (χ1v) is 5.43. The molecule has 0 saturated carbocycles. The molecule has 3 nitrogen and oxygen atoms in total. The van der Waals surface area contributed by atoms with E-state index in [-0.39, 0.29) is 12.1 Å². The van der Waals surface area contributed by atoms with Crippen LogP contribution in [-0.4, -0.2) is 12.1 Å². The molecule has 82 valence electrons. The topological polar surface area (TPSA) is 47.3 Å². The van der Waals surface area contributed by atoms with E-state index in [2.05, 4.69) is 25.3 Å². The quantitative estimate of drug-likeness (QED) is 0.581. The molecule has 1 heterocycles. The lowest BCUT2D eigenvalue weighted by Gasteiger charge is -2.25. The van der Waals surface area contributed by atoms with Crippen LogP contribution in [0.1, 0.15) is 19.4 Å². The van der Waals surface area contributed by atoms with Gasteiger partial charge < -0.3 is 4.74 Å². The van der Waals surface area contributed by atoms with Crippen molar-refractivity contribution in [3.63, 3.8) is 0 Å². The van der Waals surface area contributed by atoms with Gasteiger partial charge in [0.15, 0.2) is 0 Å². The minimum atomic E-state index is 0.160. The van der Waals surface area contributed by atoms with Crippen molar-refractivity contribution in [1.29, 1.82) is 0 Å². The van der Waals surface area contributed by atoms with Crippen molar-refractivity contribution in [1.82, 2.24) is 5.43 Å². The Hall–Kier alpha value is -1.06. The van der Waals surface area contributed by atoms with Gasteiger partial charge in [0.2, 0.25) is 0 Å². The zero-order valence-corrected chi connectivity index (χ0v) is 9.23.